The molecule has 1 amide bonds. The van der Waals surface area contributed by atoms with Gasteiger partial charge < -0.3 is 24.8 Å². The van der Waals surface area contributed by atoms with Crippen molar-refractivity contribution >= 4 is 23.1 Å². The Labute approximate surface area is 169 Å². The predicted molar refractivity (Wildman–Crippen MR) is 112 cm³/mol. The molecule has 7 heteroatoms. The average Bonchev–Trinajstić information content (AvgIpc) is 2.76. The van der Waals surface area contributed by atoms with Crippen molar-refractivity contribution in [3.63, 3.8) is 0 Å². The van der Waals surface area contributed by atoms with Crippen LogP contribution in [0.3, 0.4) is 0 Å². The van der Waals surface area contributed by atoms with Crippen molar-refractivity contribution in [1.82, 2.24) is 4.98 Å². The number of ether oxygens (including phenoxy) is 3. The van der Waals surface area contributed by atoms with E-state index in [2.05, 4.69) is 15.6 Å². The fourth-order valence-electron chi connectivity index (χ4n) is 2.59. The zero-order chi connectivity index (χ0) is 20.5. The number of hydrogen-bond donors (Lipinski definition) is 2. The standard InChI is InChI=1S/C22H23N3O4/c1-27-18-9-10-20(28-2)19(14-18)25-21-11-8-16(15-23-21)24-22(26)12-13-29-17-6-4-3-5-7-17/h3-11,14-15H,12-13H2,1-2H3,(H,23,25)(H,24,26). The summed E-state index contributed by atoms with van der Waals surface area (Å²) in [6.07, 6.45) is 1.83. The number of pyridine rings is 1. The van der Waals surface area contributed by atoms with E-state index in [1.807, 2.05) is 48.5 Å². The molecule has 3 aromatic rings. The van der Waals surface area contributed by atoms with Crippen LogP contribution in [0.15, 0.2) is 66.9 Å². The molecule has 2 N–H and O–H groups in total. The second-order valence-corrected chi connectivity index (χ2v) is 6.08. The number of carbonyl (C=O) groups excluding carboxylic acids is 1. The highest BCUT2D eigenvalue weighted by atomic mass is 16.5. The zero-order valence-electron chi connectivity index (χ0n) is 16.3. The Morgan fingerprint density at radius 1 is 0.966 bits per heavy atom. The topological polar surface area (TPSA) is 81.7 Å². The zero-order valence-corrected chi connectivity index (χ0v) is 16.3. The third kappa shape index (κ3) is 5.87. The number of nitrogens with zero attached hydrogens (tertiary/aromatic N) is 1. The SMILES string of the molecule is COc1ccc(OC)c(Nc2ccc(NC(=O)CCOc3ccccc3)cn2)c1. The van der Waals surface area contributed by atoms with E-state index in [1.54, 1.807) is 32.5 Å². The lowest BCUT2D eigenvalue weighted by Gasteiger charge is -2.12. The molecule has 0 unspecified atom stereocenters. The van der Waals surface area contributed by atoms with E-state index < -0.39 is 0 Å². The molecule has 150 valence electrons. The van der Waals surface area contributed by atoms with Gasteiger partial charge in [0.25, 0.3) is 0 Å². The lowest BCUT2D eigenvalue weighted by Crippen LogP contribution is -2.15. The molecule has 0 atom stereocenters. The van der Waals surface area contributed by atoms with Gasteiger partial charge in [0.2, 0.25) is 5.91 Å². The number of benzene rings is 2. The van der Waals surface area contributed by atoms with Gasteiger partial charge in [0.05, 0.1) is 44.8 Å². The minimum absolute atomic E-state index is 0.141. The predicted octanol–water partition coefficient (Wildman–Crippen LogP) is 4.25. The second-order valence-electron chi connectivity index (χ2n) is 6.08. The number of aromatic nitrogens is 1. The van der Waals surface area contributed by atoms with Crippen LogP contribution < -0.4 is 24.8 Å². The van der Waals surface area contributed by atoms with Gasteiger partial charge in [0.1, 0.15) is 23.1 Å². The molecule has 2 aromatic carbocycles. The molecule has 0 saturated carbocycles. The highest BCUT2D eigenvalue weighted by Crippen LogP contribution is 2.31. The van der Waals surface area contributed by atoms with Crippen molar-refractivity contribution in [2.24, 2.45) is 0 Å². The maximum Gasteiger partial charge on any atom is 0.227 e. The van der Waals surface area contributed by atoms with Gasteiger partial charge in [-0.1, -0.05) is 18.2 Å². The van der Waals surface area contributed by atoms with Gasteiger partial charge in [0, 0.05) is 6.07 Å². The number of hydrogen-bond acceptors (Lipinski definition) is 6. The number of nitrogens with one attached hydrogen (secondary N) is 2. The van der Waals surface area contributed by atoms with Crippen LogP contribution in [0.2, 0.25) is 0 Å². The molecule has 1 aromatic heterocycles. The minimum Gasteiger partial charge on any atom is -0.497 e. The average molecular weight is 393 g/mol. The first-order chi connectivity index (χ1) is 14.2. The van der Waals surface area contributed by atoms with E-state index in [-0.39, 0.29) is 12.3 Å². The third-order valence-electron chi connectivity index (χ3n) is 4.06. The molecule has 0 aliphatic heterocycles. The van der Waals surface area contributed by atoms with E-state index in [0.717, 1.165) is 11.4 Å². The van der Waals surface area contributed by atoms with E-state index in [1.165, 1.54) is 0 Å². The summed E-state index contributed by atoms with van der Waals surface area (Å²) >= 11 is 0. The van der Waals surface area contributed by atoms with Crippen molar-refractivity contribution in [1.29, 1.82) is 0 Å². The molecule has 0 bridgehead atoms. The van der Waals surface area contributed by atoms with E-state index in [9.17, 15) is 4.79 Å². The summed E-state index contributed by atoms with van der Waals surface area (Å²) in [7, 11) is 3.20. The van der Waals surface area contributed by atoms with Crippen molar-refractivity contribution in [2.45, 2.75) is 6.42 Å². The largest absolute Gasteiger partial charge is 0.497 e. The fourth-order valence-corrected chi connectivity index (χ4v) is 2.59. The number of carbonyl (C=O) groups is 1. The van der Waals surface area contributed by atoms with Gasteiger partial charge in [0.15, 0.2) is 0 Å². The Morgan fingerprint density at radius 2 is 1.79 bits per heavy atom. The Hall–Kier alpha value is -3.74. The molecule has 7 nitrogen and oxygen atoms in total. The molecule has 0 saturated heterocycles. The summed E-state index contributed by atoms with van der Waals surface area (Å²) in [6, 6.07) is 18.4. The molecule has 29 heavy (non-hydrogen) atoms. The van der Waals surface area contributed by atoms with Crippen LogP contribution in [-0.2, 0) is 4.79 Å². The van der Waals surface area contributed by atoms with Crippen LogP contribution in [0.5, 0.6) is 17.2 Å². The van der Waals surface area contributed by atoms with Gasteiger partial charge in [-0.2, -0.15) is 0 Å². The summed E-state index contributed by atoms with van der Waals surface area (Å²) in [5.41, 5.74) is 1.34. The highest BCUT2D eigenvalue weighted by Gasteiger charge is 2.07. The molecule has 1 heterocycles. The minimum atomic E-state index is -0.141. The van der Waals surface area contributed by atoms with Gasteiger partial charge in [-0.05, 0) is 36.4 Å². The molecule has 3 rings (SSSR count). The molecule has 0 aliphatic carbocycles. The van der Waals surface area contributed by atoms with Crippen LogP contribution in [0.1, 0.15) is 6.42 Å². The molecule has 0 fully saturated rings. The van der Waals surface area contributed by atoms with E-state index >= 15 is 0 Å². The van der Waals surface area contributed by atoms with Crippen molar-refractivity contribution in [3.05, 3.63) is 66.9 Å². The van der Waals surface area contributed by atoms with Crippen LogP contribution in [0, 0.1) is 0 Å². The number of methoxy groups -OCH3 is 2. The Bertz CT molecular complexity index is 931. The van der Waals surface area contributed by atoms with Crippen molar-refractivity contribution in [2.75, 3.05) is 31.5 Å². The van der Waals surface area contributed by atoms with Gasteiger partial charge in [-0.3, -0.25) is 4.79 Å². The second kappa shape index (κ2) is 9.98. The number of rotatable bonds is 9. The monoisotopic (exact) mass is 393 g/mol. The first-order valence-corrected chi connectivity index (χ1v) is 9.11. The maximum absolute atomic E-state index is 12.1. The maximum atomic E-state index is 12.1. The highest BCUT2D eigenvalue weighted by molar-refractivity contribution is 5.90. The third-order valence-corrected chi connectivity index (χ3v) is 4.06. The molecule has 0 radical (unpaired) electrons. The Kier molecular flexibility index (Phi) is 6.89. The fraction of sp³-hybridized carbons (Fsp3) is 0.182. The van der Waals surface area contributed by atoms with Crippen LogP contribution >= 0.6 is 0 Å². The van der Waals surface area contributed by atoms with Gasteiger partial charge in [-0.25, -0.2) is 4.98 Å². The number of anilines is 3. The molecular formula is C22H23N3O4. The van der Waals surface area contributed by atoms with Crippen molar-refractivity contribution < 1.29 is 19.0 Å². The number of para-hydroxylation sites is 1. The summed E-state index contributed by atoms with van der Waals surface area (Å²) in [5, 5.41) is 5.99. The van der Waals surface area contributed by atoms with Gasteiger partial charge in [-0.15, -0.1) is 0 Å². The quantitative estimate of drug-likeness (QED) is 0.566. The molecule has 0 spiro atoms. The molecule has 0 aliphatic rings. The van der Waals surface area contributed by atoms with Crippen LogP contribution in [0.4, 0.5) is 17.2 Å². The van der Waals surface area contributed by atoms with Crippen LogP contribution in [0.25, 0.3) is 0 Å². The van der Waals surface area contributed by atoms with E-state index in [0.29, 0.717) is 29.6 Å². The lowest BCUT2D eigenvalue weighted by atomic mass is 10.2. The normalized spacial score (nSPS) is 10.1. The smallest absolute Gasteiger partial charge is 0.227 e. The summed E-state index contributed by atoms with van der Waals surface area (Å²) in [6.45, 7) is 0.304. The summed E-state index contributed by atoms with van der Waals surface area (Å²) < 4.78 is 16.1. The van der Waals surface area contributed by atoms with Crippen molar-refractivity contribution in [3.8, 4) is 17.2 Å². The Balaban J connectivity index is 1.53. The number of amides is 1. The first-order valence-electron chi connectivity index (χ1n) is 9.11. The van der Waals surface area contributed by atoms with E-state index in [4.69, 9.17) is 14.2 Å². The summed E-state index contributed by atoms with van der Waals surface area (Å²) in [5.74, 6) is 2.59. The van der Waals surface area contributed by atoms with Crippen LogP contribution in [-0.4, -0.2) is 31.7 Å². The molecular weight excluding hydrogens is 370 g/mol. The Morgan fingerprint density at radius 3 is 2.48 bits per heavy atom. The lowest BCUT2D eigenvalue weighted by molar-refractivity contribution is -0.116. The van der Waals surface area contributed by atoms with Gasteiger partial charge >= 0.3 is 0 Å². The first kappa shape index (κ1) is 20.0. The summed E-state index contributed by atoms with van der Waals surface area (Å²) in [4.78, 5) is 16.4.